The van der Waals surface area contributed by atoms with Gasteiger partial charge in [-0.05, 0) is 36.4 Å². The van der Waals surface area contributed by atoms with E-state index < -0.39 is 11.7 Å². The second-order valence-electron chi connectivity index (χ2n) is 4.09. The summed E-state index contributed by atoms with van der Waals surface area (Å²) in [5, 5.41) is 5.14. The topological polar surface area (TPSA) is 58.2 Å². The number of benzene rings is 2. The molecule has 0 aromatic heterocycles. The van der Waals surface area contributed by atoms with E-state index in [1.807, 2.05) is 0 Å². The molecule has 2 N–H and O–H groups in total. The molecule has 0 aliphatic carbocycles. The average molecular weight is 272 g/mol. The van der Waals surface area contributed by atoms with Gasteiger partial charge >= 0.3 is 0 Å². The molecular formula is C15H13FN2O2. The zero-order valence-electron chi connectivity index (χ0n) is 10.8. The minimum Gasteiger partial charge on any atom is -0.355 e. The van der Waals surface area contributed by atoms with Crippen molar-refractivity contribution in [2.24, 2.45) is 0 Å². The van der Waals surface area contributed by atoms with Crippen LogP contribution in [0.4, 0.5) is 10.1 Å². The summed E-state index contributed by atoms with van der Waals surface area (Å²) in [6.45, 7) is 0. The van der Waals surface area contributed by atoms with E-state index in [0.29, 0.717) is 16.8 Å². The van der Waals surface area contributed by atoms with Crippen molar-refractivity contribution in [3.8, 4) is 0 Å². The minimum atomic E-state index is -0.410. The Hall–Kier alpha value is -2.69. The average Bonchev–Trinajstić information content (AvgIpc) is 2.47. The molecule has 0 fully saturated rings. The number of carbonyl (C=O) groups is 2. The lowest BCUT2D eigenvalue weighted by atomic mass is 10.1. The second kappa shape index (κ2) is 5.97. The van der Waals surface area contributed by atoms with Crippen LogP contribution >= 0.6 is 0 Å². The summed E-state index contributed by atoms with van der Waals surface area (Å²) < 4.78 is 12.8. The molecule has 0 saturated carbocycles. The predicted molar refractivity (Wildman–Crippen MR) is 74.2 cm³/mol. The number of rotatable bonds is 3. The van der Waals surface area contributed by atoms with E-state index in [4.69, 9.17) is 0 Å². The first-order chi connectivity index (χ1) is 9.61. The van der Waals surface area contributed by atoms with Crippen LogP contribution in [-0.2, 0) is 0 Å². The van der Waals surface area contributed by atoms with Crippen LogP contribution in [0.3, 0.4) is 0 Å². The normalized spacial score (nSPS) is 9.90. The molecular weight excluding hydrogens is 259 g/mol. The molecule has 5 heteroatoms. The molecule has 0 bridgehead atoms. The Kier molecular flexibility index (Phi) is 4.10. The molecule has 2 rings (SSSR count). The van der Waals surface area contributed by atoms with Gasteiger partial charge in [0.15, 0.2) is 0 Å². The van der Waals surface area contributed by atoms with Crippen molar-refractivity contribution in [3.05, 3.63) is 65.5 Å². The predicted octanol–water partition coefficient (Wildman–Crippen LogP) is 2.44. The maximum absolute atomic E-state index is 12.8. The van der Waals surface area contributed by atoms with Crippen molar-refractivity contribution in [2.45, 2.75) is 0 Å². The van der Waals surface area contributed by atoms with E-state index in [2.05, 4.69) is 10.6 Å². The molecule has 0 aliphatic heterocycles. The van der Waals surface area contributed by atoms with Crippen molar-refractivity contribution in [1.82, 2.24) is 5.32 Å². The van der Waals surface area contributed by atoms with Crippen LogP contribution in [-0.4, -0.2) is 18.9 Å². The third kappa shape index (κ3) is 3.00. The highest BCUT2D eigenvalue weighted by Gasteiger charge is 2.12. The van der Waals surface area contributed by atoms with Crippen molar-refractivity contribution in [3.63, 3.8) is 0 Å². The Bertz CT molecular complexity index is 639. The highest BCUT2D eigenvalue weighted by atomic mass is 19.1. The molecule has 0 unspecified atom stereocenters. The highest BCUT2D eigenvalue weighted by molar-refractivity contribution is 6.08. The lowest BCUT2D eigenvalue weighted by Gasteiger charge is -2.10. The van der Waals surface area contributed by atoms with Gasteiger partial charge in [-0.3, -0.25) is 9.59 Å². The lowest BCUT2D eigenvalue weighted by molar-refractivity contribution is 0.0964. The Labute approximate surface area is 115 Å². The van der Waals surface area contributed by atoms with Crippen LogP contribution < -0.4 is 10.6 Å². The van der Waals surface area contributed by atoms with E-state index in [0.717, 1.165) is 0 Å². The number of amides is 2. The first-order valence-electron chi connectivity index (χ1n) is 6.00. The zero-order chi connectivity index (χ0) is 14.5. The van der Waals surface area contributed by atoms with Crippen molar-refractivity contribution in [2.75, 3.05) is 12.4 Å². The SMILES string of the molecule is CNC(=O)c1ccccc1NC(=O)c1ccc(F)cc1. The lowest BCUT2D eigenvalue weighted by Crippen LogP contribution is -2.21. The van der Waals surface area contributed by atoms with Crippen LogP contribution in [0.2, 0.25) is 0 Å². The van der Waals surface area contributed by atoms with Crippen LogP contribution in [0.25, 0.3) is 0 Å². The molecule has 0 spiro atoms. The fourth-order valence-corrected chi connectivity index (χ4v) is 1.72. The van der Waals surface area contributed by atoms with Gasteiger partial charge in [-0.1, -0.05) is 12.1 Å². The van der Waals surface area contributed by atoms with Crippen LogP contribution in [0.15, 0.2) is 48.5 Å². The van der Waals surface area contributed by atoms with Crippen molar-refractivity contribution in [1.29, 1.82) is 0 Å². The molecule has 0 aliphatic rings. The maximum atomic E-state index is 12.8. The molecule has 4 nitrogen and oxygen atoms in total. The van der Waals surface area contributed by atoms with Gasteiger partial charge in [0.25, 0.3) is 11.8 Å². The summed E-state index contributed by atoms with van der Waals surface area (Å²) in [7, 11) is 1.51. The largest absolute Gasteiger partial charge is 0.355 e. The molecule has 0 saturated heterocycles. The Morgan fingerprint density at radius 3 is 2.25 bits per heavy atom. The van der Waals surface area contributed by atoms with Gasteiger partial charge in [-0.2, -0.15) is 0 Å². The van der Waals surface area contributed by atoms with Gasteiger partial charge in [0.05, 0.1) is 11.3 Å². The van der Waals surface area contributed by atoms with Crippen molar-refractivity contribution >= 4 is 17.5 Å². The number of hydrogen-bond donors (Lipinski definition) is 2. The molecule has 102 valence electrons. The number of para-hydroxylation sites is 1. The third-order valence-electron chi connectivity index (χ3n) is 2.75. The van der Waals surface area contributed by atoms with Crippen LogP contribution in [0, 0.1) is 5.82 Å². The molecule has 2 aromatic carbocycles. The van der Waals surface area contributed by atoms with Crippen LogP contribution in [0.5, 0.6) is 0 Å². The summed E-state index contributed by atoms with van der Waals surface area (Å²) >= 11 is 0. The molecule has 2 amide bonds. The summed E-state index contributed by atoms with van der Waals surface area (Å²) in [4.78, 5) is 23.7. The van der Waals surface area contributed by atoms with Gasteiger partial charge in [-0.15, -0.1) is 0 Å². The summed E-state index contributed by atoms with van der Waals surface area (Å²) in [5.74, 6) is -1.10. The Morgan fingerprint density at radius 2 is 1.60 bits per heavy atom. The van der Waals surface area contributed by atoms with E-state index in [-0.39, 0.29) is 5.91 Å². The Morgan fingerprint density at radius 1 is 0.950 bits per heavy atom. The number of carbonyl (C=O) groups excluding carboxylic acids is 2. The van der Waals surface area contributed by atoms with Gasteiger partial charge in [-0.25, -0.2) is 4.39 Å². The van der Waals surface area contributed by atoms with E-state index >= 15 is 0 Å². The number of hydrogen-bond acceptors (Lipinski definition) is 2. The van der Waals surface area contributed by atoms with Crippen molar-refractivity contribution < 1.29 is 14.0 Å². The molecule has 0 heterocycles. The standard InChI is InChI=1S/C15H13FN2O2/c1-17-15(20)12-4-2-3-5-13(12)18-14(19)10-6-8-11(16)9-7-10/h2-9H,1H3,(H,17,20)(H,18,19). The second-order valence-corrected chi connectivity index (χ2v) is 4.09. The highest BCUT2D eigenvalue weighted by Crippen LogP contribution is 2.16. The zero-order valence-corrected chi connectivity index (χ0v) is 10.8. The number of nitrogens with one attached hydrogen (secondary N) is 2. The Balaban J connectivity index is 2.24. The molecule has 0 atom stereocenters. The number of halogens is 1. The first kappa shape index (κ1) is 13.7. The quantitative estimate of drug-likeness (QED) is 0.901. The fraction of sp³-hybridized carbons (Fsp3) is 0.0667. The first-order valence-corrected chi connectivity index (χ1v) is 6.00. The molecule has 20 heavy (non-hydrogen) atoms. The van der Waals surface area contributed by atoms with Gasteiger partial charge < -0.3 is 10.6 Å². The minimum absolute atomic E-state index is 0.292. The van der Waals surface area contributed by atoms with E-state index in [1.54, 1.807) is 24.3 Å². The summed E-state index contributed by atoms with van der Waals surface area (Å²) in [5.41, 5.74) is 1.09. The summed E-state index contributed by atoms with van der Waals surface area (Å²) in [6.07, 6.45) is 0. The fourth-order valence-electron chi connectivity index (χ4n) is 1.72. The molecule has 0 radical (unpaired) electrons. The monoisotopic (exact) mass is 272 g/mol. The van der Waals surface area contributed by atoms with E-state index in [9.17, 15) is 14.0 Å². The van der Waals surface area contributed by atoms with Gasteiger partial charge in [0.2, 0.25) is 0 Å². The van der Waals surface area contributed by atoms with Gasteiger partial charge in [0.1, 0.15) is 5.82 Å². The summed E-state index contributed by atoms with van der Waals surface area (Å²) in [6, 6.07) is 11.8. The maximum Gasteiger partial charge on any atom is 0.255 e. The smallest absolute Gasteiger partial charge is 0.255 e. The number of anilines is 1. The third-order valence-corrected chi connectivity index (χ3v) is 2.75. The molecule has 2 aromatic rings. The van der Waals surface area contributed by atoms with E-state index in [1.165, 1.54) is 31.3 Å². The van der Waals surface area contributed by atoms with Gasteiger partial charge in [0, 0.05) is 12.6 Å². The van der Waals surface area contributed by atoms with Crippen LogP contribution in [0.1, 0.15) is 20.7 Å².